The maximum atomic E-state index is 12.5. The lowest BCUT2D eigenvalue weighted by molar-refractivity contribution is 0.131. The van der Waals surface area contributed by atoms with Gasteiger partial charge in [-0.05, 0) is 36.3 Å². The highest BCUT2D eigenvalue weighted by Crippen LogP contribution is 2.35. The molecule has 0 aliphatic heterocycles. The van der Waals surface area contributed by atoms with E-state index in [0.29, 0.717) is 4.21 Å². The maximum Gasteiger partial charge on any atom is 0.252 e. The van der Waals surface area contributed by atoms with Crippen LogP contribution in [0.2, 0.25) is 0 Å². The van der Waals surface area contributed by atoms with E-state index in [1.54, 1.807) is 6.07 Å². The van der Waals surface area contributed by atoms with Crippen molar-refractivity contribution in [3.63, 3.8) is 0 Å². The van der Waals surface area contributed by atoms with Crippen LogP contribution in [0.15, 0.2) is 16.3 Å². The molecule has 1 aliphatic rings. The molecule has 1 N–H and O–H groups in total. The van der Waals surface area contributed by atoms with Crippen molar-refractivity contribution in [2.45, 2.75) is 49.3 Å². The van der Waals surface area contributed by atoms with Gasteiger partial charge in [-0.3, -0.25) is 0 Å². The highest BCUT2D eigenvalue weighted by molar-refractivity contribution is 7.91. The molecule has 0 aromatic carbocycles. The highest BCUT2D eigenvalue weighted by Gasteiger charge is 2.33. The minimum Gasteiger partial charge on any atom is -0.391 e. The normalized spacial score (nSPS) is 18.5. The van der Waals surface area contributed by atoms with Crippen LogP contribution in [0.3, 0.4) is 0 Å². The van der Waals surface area contributed by atoms with Crippen molar-refractivity contribution in [3.05, 3.63) is 17.0 Å². The first-order valence-electron chi connectivity index (χ1n) is 6.87. The van der Waals surface area contributed by atoms with E-state index in [1.165, 1.54) is 22.7 Å². The SMILES string of the molecule is CN(CC(O)C1CC1)S(=O)(=O)c1ccc(C(C)(C)C)s1. The van der Waals surface area contributed by atoms with Crippen LogP contribution in [0.4, 0.5) is 0 Å². The Bertz CT molecular complexity index is 567. The van der Waals surface area contributed by atoms with Gasteiger partial charge in [0.2, 0.25) is 0 Å². The van der Waals surface area contributed by atoms with E-state index in [9.17, 15) is 13.5 Å². The molecule has 6 heteroatoms. The average Bonchev–Trinajstić information content (AvgIpc) is 3.03. The van der Waals surface area contributed by atoms with Crippen LogP contribution in [0.1, 0.15) is 38.5 Å². The van der Waals surface area contributed by atoms with Crippen LogP contribution >= 0.6 is 11.3 Å². The van der Waals surface area contributed by atoms with Crippen LogP contribution in [0.5, 0.6) is 0 Å². The predicted octanol–water partition coefficient (Wildman–Crippen LogP) is 2.44. The Morgan fingerprint density at radius 3 is 2.45 bits per heavy atom. The first-order valence-corrected chi connectivity index (χ1v) is 9.13. The number of likely N-dealkylation sites (N-methyl/N-ethyl adjacent to an activating group) is 1. The molecule has 0 spiro atoms. The molecule has 0 amide bonds. The number of hydrogen-bond donors (Lipinski definition) is 1. The van der Waals surface area contributed by atoms with Crippen molar-refractivity contribution < 1.29 is 13.5 Å². The predicted molar refractivity (Wildman–Crippen MR) is 81.6 cm³/mol. The van der Waals surface area contributed by atoms with Gasteiger partial charge in [0.05, 0.1) is 6.10 Å². The molecule has 1 aromatic heterocycles. The molecular weight excluding hydrogens is 294 g/mol. The molecule has 1 unspecified atom stereocenters. The van der Waals surface area contributed by atoms with Crippen LogP contribution in [0, 0.1) is 5.92 Å². The topological polar surface area (TPSA) is 57.6 Å². The van der Waals surface area contributed by atoms with E-state index in [2.05, 4.69) is 20.8 Å². The standard InChI is InChI=1S/C14H23NO3S2/c1-14(2,3)12-7-8-13(19-12)20(17,18)15(4)9-11(16)10-5-6-10/h7-8,10-11,16H,5-6,9H2,1-4H3. The number of nitrogens with zero attached hydrogens (tertiary/aromatic N) is 1. The molecular formula is C14H23NO3S2. The number of aliphatic hydroxyl groups excluding tert-OH is 1. The molecule has 2 rings (SSSR count). The van der Waals surface area contributed by atoms with Gasteiger partial charge in [0.25, 0.3) is 10.0 Å². The summed E-state index contributed by atoms with van der Waals surface area (Å²) in [5, 5.41) is 9.90. The zero-order valence-electron chi connectivity index (χ0n) is 12.5. The molecule has 1 aliphatic carbocycles. The lowest BCUT2D eigenvalue weighted by Crippen LogP contribution is -2.34. The molecule has 114 valence electrons. The summed E-state index contributed by atoms with van der Waals surface area (Å²) in [6, 6.07) is 3.54. The van der Waals surface area contributed by atoms with Gasteiger partial charge in [0.1, 0.15) is 4.21 Å². The largest absolute Gasteiger partial charge is 0.391 e. The summed E-state index contributed by atoms with van der Waals surface area (Å²) in [7, 11) is -1.95. The third kappa shape index (κ3) is 3.42. The Morgan fingerprint density at radius 2 is 2.00 bits per heavy atom. The second kappa shape index (κ2) is 5.40. The molecule has 0 saturated heterocycles. The minimum absolute atomic E-state index is 0.0511. The van der Waals surface area contributed by atoms with Gasteiger partial charge in [0.15, 0.2) is 0 Å². The maximum absolute atomic E-state index is 12.5. The first kappa shape index (κ1) is 15.9. The van der Waals surface area contributed by atoms with Crippen LogP contribution in [-0.2, 0) is 15.4 Å². The van der Waals surface area contributed by atoms with Crippen molar-refractivity contribution >= 4 is 21.4 Å². The number of hydrogen-bond acceptors (Lipinski definition) is 4. The third-order valence-corrected chi connectivity index (χ3v) is 7.40. The summed E-state index contributed by atoms with van der Waals surface area (Å²) in [5.74, 6) is 0.279. The fourth-order valence-corrected chi connectivity index (χ4v) is 4.77. The minimum atomic E-state index is -3.49. The summed E-state index contributed by atoms with van der Waals surface area (Å²) in [6.07, 6.45) is 1.46. The number of rotatable bonds is 5. The number of sulfonamides is 1. The van der Waals surface area contributed by atoms with Gasteiger partial charge in [-0.25, -0.2) is 8.42 Å². The molecule has 1 heterocycles. The molecule has 1 saturated carbocycles. The number of aliphatic hydroxyl groups is 1. The van der Waals surface area contributed by atoms with Crippen molar-refractivity contribution in [1.29, 1.82) is 0 Å². The second-order valence-electron chi connectivity index (χ2n) is 6.56. The summed E-state index contributed by atoms with van der Waals surface area (Å²) >= 11 is 1.31. The Kier molecular flexibility index (Phi) is 4.31. The average molecular weight is 317 g/mol. The summed E-state index contributed by atoms with van der Waals surface area (Å²) in [6.45, 7) is 6.37. The monoisotopic (exact) mass is 317 g/mol. The van der Waals surface area contributed by atoms with Gasteiger partial charge in [0, 0.05) is 18.5 Å². The summed E-state index contributed by atoms with van der Waals surface area (Å²) in [4.78, 5) is 1.05. The van der Waals surface area contributed by atoms with E-state index in [0.717, 1.165) is 17.7 Å². The van der Waals surface area contributed by atoms with E-state index >= 15 is 0 Å². The lowest BCUT2D eigenvalue weighted by atomic mass is 9.95. The van der Waals surface area contributed by atoms with Gasteiger partial charge in [-0.2, -0.15) is 4.31 Å². The van der Waals surface area contributed by atoms with Gasteiger partial charge in [-0.1, -0.05) is 20.8 Å². The number of thiophene rings is 1. The molecule has 1 aromatic rings. The Hall–Kier alpha value is -0.430. The van der Waals surface area contributed by atoms with Gasteiger partial charge >= 0.3 is 0 Å². The Morgan fingerprint density at radius 1 is 1.40 bits per heavy atom. The fourth-order valence-electron chi connectivity index (χ4n) is 2.01. The molecule has 20 heavy (non-hydrogen) atoms. The van der Waals surface area contributed by atoms with E-state index in [4.69, 9.17) is 0 Å². The van der Waals surface area contributed by atoms with Crippen molar-refractivity contribution in [1.82, 2.24) is 4.31 Å². The van der Waals surface area contributed by atoms with Crippen molar-refractivity contribution in [2.24, 2.45) is 5.92 Å². The molecule has 1 atom stereocenters. The summed E-state index contributed by atoms with van der Waals surface area (Å²) < 4.78 is 26.6. The first-order chi connectivity index (χ1) is 9.12. The molecule has 1 fully saturated rings. The van der Waals surface area contributed by atoms with Crippen molar-refractivity contribution in [3.8, 4) is 0 Å². The second-order valence-corrected chi connectivity index (χ2v) is 9.91. The van der Waals surface area contributed by atoms with E-state index in [1.807, 2.05) is 6.07 Å². The van der Waals surface area contributed by atoms with E-state index in [-0.39, 0.29) is 17.9 Å². The van der Waals surface area contributed by atoms with Crippen LogP contribution in [0.25, 0.3) is 0 Å². The van der Waals surface area contributed by atoms with Crippen LogP contribution in [-0.4, -0.2) is 37.5 Å². The molecule has 0 bridgehead atoms. The zero-order chi connectivity index (χ0) is 15.1. The van der Waals surface area contributed by atoms with Crippen molar-refractivity contribution in [2.75, 3.05) is 13.6 Å². The smallest absolute Gasteiger partial charge is 0.252 e. The lowest BCUT2D eigenvalue weighted by Gasteiger charge is -2.20. The quantitative estimate of drug-likeness (QED) is 0.907. The summed E-state index contributed by atoms with van der Waals surface area (Å²) in [5.41, 5.74) is -0.0511. The fraction of sp³-hybridized carbons (Fsp3) is 0.714. The highest BCUT2D eigenvalue weighted by atomic mass is 32.2. The molecule has 4 nitrogen and oxygen atoms in total. The van der Waals surface area contributed by atoms with Crippen LogP contribution < -0.4 is 0 Å². The van der Waals surface area contributed by atoms with Gasteiger partial charge < -0.3 is 5.11 Å². The Balaban J connectivity index is 2.14. The Labute approximate surface area is 125 Å². The molecule has 0 radical (unpaired) electrons. The zero-order valence-corrected chi connectivity index (χ0v) is 14.1. The van der Waals surface area contributed by atoms with Gasteiger partial charge in [-0.15, -0.1) is 11.3 Å². The third-order valence-electron chi connectivity index (χ3n) is 3.60. The van der Waals surface area contributed by atoms with E-state index < -0.39 is 16.1 Å².